The van der Waals surface area contributed by atoms with Gasteiger partial charge in [0.2, 0.25) is 5.91 Å². The molecule has 2 rings (SSSR count). The lowest BCUT2D eigenvalue weighted by Crippen LogP contribution is -2.41. The van der Waals surface area contributed by atoms with Crippen molar-refractivity contribution in [2.24, 2.45) is 0 Å². The maximum Gasteiger partial charge on any atom is 0.224 e. The summed E-state index contributed by atoms with van der Waals surface area (Å²) < 4.78 is 5.28. The molecule has 1 fully saturated rings. The first-order valence-corrected chi connectivity index (χ1v) is 6.65. The van der Waals surface area contributed by atoms with Crippen molar-refractivity contribution in [3.05, 3.63) is 29.8 Å². The molecular weight excluding hydrogens is 242 g/mol. The van der Waals surface area contributed by atoms with Crippen molar-refractivity contribution in [1.29, 1.82) is 0 Å². The molecule has 0 bridgehead atoms. The van der Waals surface area contributed by atoms with Gasteiger partial charge in [0.05, 0.1) is 19.6 Å². The van der Waals surface area contributed by atoms with Crippen LogP contribution >= 0.6 is 0 Å². The lowest BCUT2D eigenvalue weighted by Gasteiger charge is -2.26. The van der Waals surface area contributed by atoms with Gasteiger partial charge in [0, 0.05) is 31.9 Å². The van der Waals surface area contributed by atoms with Gasteiger partial charge in [-0.05, 0) is 17.7 Å². The van der Waals surface area contributed by atoms with Crippen LogP contribution in [0.1, 0.15) is 5.56 Å². The Balaban J connectivity index is 1.65. The van der Waals surface area contributed by atoms with E-state index in [-0.39, 0.29) is 5.91 Å². The second kappa shape index (κ2) is 7.11. The van der Waals surface area contributed by atoms with E-state index in [4.69, 9.17) is 10.5 Å². The van der Waals surface area contributed by atoms with E-state index in [0.29, 0.717) is 13.0 Å². The molecule has 1 aromatic carbocycles. The van der Waals surface area contributed by atoms with Crippen LogP contribution in [-0.2, 0) is 16.0 Å². The number of hydrogen-bond donors (Lipinski definition) is 2. The summed E-state index contributed by atoms with van der Waals surface area (Å²) >= 11 is 0. The van der Waals surface area contributed by atoms with E-state index < -0.39 is 0 Å². The lowest BCUT2D eigenvalue weighted by molar-refractivity contribution is -0.120. The van der Waals surface area contributed by atoms with Crippen molar-refractivity contribution < 1.29 is 9.53 Å². The number of nitrogen functional groups attached to an aromatic ring is 1. The van der Waals surface area contributed by atoms with Crippen LogP contribution in [0.4, 0.5) is 5.69 Å². The summed E-state index contributed by atoms with van der Waals surface area (Å²) in [4.78, 5) is 14.1. The van der Waals surface area contributed by atoms with Crippen LogP contribution < -0.4 is 11.1 Å². The molecule has 0 aliphatic carbocycles. The van der Waals surface area contributed by atoms with E-state index in [9.17, 15) is 4.79 Å². The normalized spacial score (nSPS) is 16.2. The molecule has 5 heteroatoms. The van der Waals surface area contributed by atoms with Crippen molar-refractivity contribution in [2.75, 3.05) is 45.1 Å². The van der Waals surface area contributed by atoms with E-state index in [1.54, 1.807) is 0 Å². The van der Waals surface area contributed by atoms with Crippen molar-refractivity contribution in [1.82, 2.24) is 10.2 Å². The average Bonchev–Trinajstić information content (AvgIpc) is 2.43. The SMILES string of the molecule is Nc1ccc(CC(=O)NCCN2CCOCC2)cc1. The van der Waals surface area contributed by atoms with Gasteiger partial charge in [0.15, 0.2) is 0 Å². The fourth-order valence-electron chi connectivity index (χ4n) is 2.06. The molecule has 0 saturated carbocycles. The van der Waals surface area contributed by atoms with Crippen LogP contribution in [0.3, 0.4) is 0 Å². The zero-order valence-electron chi connectivity index (χ0n) is 11.1. The molecule has 0 spiro atoms. The maximum absolute atomic E-state index is 11.8. The van der Waals surface area contributed by atoms with Gasteiger partial charge in [-0.15, -0.1) is 0 Å². The Morgan fingerprint density at radius 2 is 1.95 bits per heavy atom. The topological polar surface area (TPSA) is 67.6 Å². The molecule has 0 unspecified atom stereocenters. The first-order chi connectivity index (χ1) is 9.24. The van der Waals surface area contributed by atoms with Gasteiger partial charge < -0.3 is 15.8 Å². The summed E-state index contributed by atoms with van der Waals surface area (Å²) in [6.07, 6.45) is 0.406. The third-order valence-electron chi connectivity index (χ3n) is 3.20. The first-order valence-electron chi connectivity index (χ1n) is 6.65. The van der Waals surface area contributed by atoms with Crippen LogP contribution in [0.25, 0.3) is 0 Å². The van der Waals surface area contributed by atoms with E-state index in [1.807, 2.05) is 24.3 Å². The van der Waals surface area contributed by atoms with Gasteiger partial charge in [-0.3, -0.25) is 9.69 Å². The molecule has 1 heterocycles. The summed E-state index contributed by atoms with van der Waals surface area (Å²) in [7, 11) is 0. The monoisotopic (exact) mass is 263 g/mol. The van der Waals surface area contributed by atoms with Crippen molar-refractivity contribution in [3.8, 4) is 0 Å². The number of ether oxygens (including phenoxy) is 1. The number of amides is 1. The summed E-state index contributed by atoms with van der Waals surface area (Å²) in [5, 5.41) is 2.94. The smallest absolute Gasteiger partial charge is 0.224 e. The second-order valence-corrected chi connectivity index (χ2v) is 4.72. The maximum atomic E-state index is 11.8. The van der Waals surface area contributed by atoms with Gasteiger partial charge in [-0.25, -0.2) is 0 Å². The average molecular weight is 263 g/mol. The number of carbonyl (C=O) groups excluding carboxylic acids is 1. The highest BCUT2D eigenvalue weighted by Gasteiger charge is 2.10. The highest BCUT2D eigenvalue weighted by Crippen LogP contribution is 2.05. The molecule has 3 N–H and O–H groups in total. The molecule has 0 atom stereocenters. The minimum atomic E-state index is 0.0537. The number of morpholine rings is 1. The van der Waals surface area contributed by atoms with Crippen LogP contribution in [0.5, 0.6) is 0 Å². The number of nitrogens with one attached hydrogen (secondary N) is 1. The molecule has 0 radical (unpaired) electrons. The lowest BCUT2D eigenvalue weighted by atomic mass is 10.1. The molecule has 5 nitrogen and oxygen atoms in total. The number of benzene rings is 1. The number of nitrogens with zero attached hydrogens (tertiary/aromatic N) is 1. The molecule has 1 aromatic rings. The van der Waals surface area contributed by atoms with Crippen molar-refractivity contribution in [3.63, 3.8) is 0 Å². The van der Waals surface area contributed by atoms with Crippen molar-refractivity contribution >= 4 is 11.6 Å². The minimum absolute atomic E-state index is 0.0537. The summed E-state index contributed by atoms with van der Waals surface area (Å²) in [6, 6.07) is 7.40. The highest BCUT2D eigenvalue weighted by atomic mass is 16.5. The van der Waals surface area contributed by atoms with Crippen LogP contribution in [-0.4, -0.2) is 50.2 Å². The second-order valence-electron chi connectivity index (χ2n) is 4.72. The van der Waals surface area contributed by atoms with Gasteiger partial charge in [-0.1, -0.05) is 12.1 Å². The van der Waals surface area contributed by atoms with Gasteiger partial charge in [-0.2, -0.15) is 0 Å². The third-order valence-corrected chi connectivity index (χ3v) is 3.20. The Morgan fingerprint density at radius 1 is 1.26 bits per heavy atom. The van der Waals surface area contributed by atoms with Crippen LogP contribution in [0.15, 0.2) is 24.3 Å². The zero-order chi connectivity index (χ0) is 13.5. The summed E-state index contributed by atoms with van der Waals surface area (Å²) in [6.45, 7) is 5.06. The van der Waals surface area contributed by atoms with Gasteiger partial charge >= 0.3 is 0 Å². The van der Waals surface area contributed by atoms with Crippen molar-refractivity contribution in [2.45, 2.75) is 6.42 Å². The molecule has 104 valence electrons. The predicted molar refractivity (Wildman–Crippen MR) is 74.8 cm³/mol. The number of carbonyl (C=O) groups is 1. The largest absolute Gasteiger partial charge is 0.399 e. The summed E-state index contributed by atoms with van der Waals surface area (Å²) in [5.41, 5.74) is 7.31. The molecule has 1 aliphatic rings. The fourth-order valence-corrected chi connectivity index (χ4v) is 2.06. The predicted octanol–water partition coefficient (Wildman–Crippen LogP) is 0.260. The van der Waals surface area contributed by atoms with E-state index in [0.717, 1.165) is 44.1 Å². The Labute approximate surface area is 113 Å². The number of anilines is 1. The molecule has 1 saturated heterocycles. The Bertz CT molecular complexity index is 400. The Kier molecular flexibility index (Phi) is 5.18. The standard InChI is InChI=1S/C14H21N3O2/c15-13-3-1-12(2-4-13)11-14(18)16-5-6-17-7-9-19-10-8-17/h1-4H,5-11,15H2,(H,16,18). The molecular formula is C14H21N3O2. The minimum Gasteiger partial charge on any atom is -0.399 e. The molecule has 19 heavy (non-hydrogen) atoms. The van der Waals surface area contributed by atoms with Crippen LogP contribution in [0, 0.1) is 0 Å². The van der Waals surface area contributed by atoms with E-state index >= 15 is 0 Å². The zero-order valence-corrected chi connectivity index (χ0v) is 11.1. The number of hydrogen-bond acceptors (Lipinski definition) is 4. The number of rotatable bonds is 5. The van der Waals surface area contributed by atoms with Crippen LogP contribution in [0.2, 0.25) is 0 Å². The molecule has 1 aliphatic heterocycles. The third kappa shape index (κ3) is 4.89. The summed E-state index contributed by atoms with van der Waals surface area (Å²) in [5.74, 6) is 0.0537. The fraction of sp³-hybridized carbons (Fsp3) is 0.500. The Hall–Kier alpha value is -1.59. The number of nitrogens with two attached hydrogens (primary N) is 1. The Morgan fingerprint density at radius 3 is 2.63 bits per heavy atom. The quantitative estimate of drug-likeness (QED) is 0.748. The van der Waals surface area contributed by atoms with Gasteiger partial charge in [0.25, 0.3) is 0 Å². The van der Waals surface area contributed by atoms with E-state index in [2.05, 4.69) is 10.2 Å². The molecule has 1 amide bonds. The highest BCUT2D eigenvalue weighted by molar-refractivity contribution is 5.78. The van der Waals surface area contributed by atoms with Gasteiger partial charge in [0.1, 0.15) is 0 Å². The molecule has 0 aromatic heterocycles. The van der Waals surface area contributed by atoms with E-state index in [1.165, 1.54) is 0 Å². The first kappa shape index (κ1) is 13.8.